The number of hydrogen-bond acceptors (Lipinski definition) is 3. The van der Waals surface area contributed by atoms with Crippen molar-refractivity contribution in [2.45, 2.75) is 0 Å². The van der Waals surface area contributed by atoms with Crippen LogP contribution < -0.4 is 5.56 Å². The van der Waals surface area contributed by atoms with Crippen LogP contribution in [0.4, 0.5) is 0 Å². The standard InChI is InChI=1S/C9H6N2O/c12-9-7-3-1-5-10-8(7)4-2-6-11-9/h1-6H. The zero-order valence-electron chi connectivity index (χ0n) is 6.27. The van der Waals surface area contributed by atoms with Gasteiger partial charge in [0.25, 0.3) is 5.56 Å². The lowest BCUT2D eigenvalue weighted by molar-refractivity contribution is 1.29. The second-order valence-corrected chi connectivity index (χ2v) is 2.38. The predicted molar refractivity (Wildman–Crippen MR) is 45.8 cm³/mol. The number of fused-ring (bicyclic) bond motifs is 1. The van der Waals surface area contributed by atoms with E-state index in [1.165, 1.54) is 6.20 Å². The molecule has 0 aliphatic rings. The number of hydrogen-bond donors (Lipinski definition) is 0. The van der Waals surface area contributed by atoms with Gasteiger partial charge in [-0.2, -0.15) is 0 Å². The van der Waals surface area contributed by atoms with E-state index in [4.69, 9.17) is 0 Å². The summed E-state index contributed by atoms with van der Waals surface area (Å²) in [5.41, 5.74) is 0.447. The first-order valence-corrected chi connectivity index (χ1v) is 3.58. The third-order valence-electron chi connectivity index (χ3n) is 1.60. The highest BCUT2D eigenvalue weighted by Gasteiger charge is 1.93. The molecule has 58 valence electrons. The molecule has 0 fully saturated rings. The van der Waals surface area contributed by atoms with Crippen molar-refractivity contribution < 1.29 is 0 Å². The van der Waals surface area contributed by atoms with Crippen molar-refractivity contribution in [1.82, 2.24) is 9.97 Å². The van der Waals surface area contributed by atoms with Gasteiger partial charge in [0.2, 0.25) is 0 Å². The summed E-state index contributed by atoms with van der Waals surface area (Å²) in [6, 6.07) is 6.92. The van der Waals surface area contributed by atoms with Gasteiger partial charge >= 0.3 is 0 Å². The van der Waals surface area contributed by atoms with Gasteiger partial charge in [-0.1, -0.05) is 0 Å². The molecule has 2 rings (SSSR count). The lowest BCUT2D eigenvalue weighted by Gasteiger charge is -1.85. The van der Waals surface area contributed by atoms with E-state index in [2.05, 4.69) is 9.97 Å². The van der Waals surface area contributed by atoms with Crippen LogP contribution in [-0.4, -0.2) is 9.97 Å². The van der Waals surface area contributed by atoms with Crippen molar-refractivity contribution in [1.29, 1.82) is 0 Å². The van der Waals surface area contributed by atoms with E-state index in [0.29, 0.717) is 10.9 Å². The number of nitrogens with zero attached hydrogens (tertiary/aromatic N) is 2. The molecule has 12 heavy (non-hydrogen) atoms. The molecule has 0 aliphatic heterocycles. The Morgan fingerprint density at radius 3 is 2.67 bits per heavy atom. The van der Waals surface area contributed by atoms with E-state index in [1.54, 1.807) is 30.5 Å². The maximum absolute atomic E-state index is 11.2. The van der Waals surface area contributed by atoms with Crippen LogP contribution in [0.25, 0.3) is 10.9 Å². The van der Waals surface area contributed by atoms with E-state index in [-0.39, 0.29) is 5.56 Å². The van der Waals surface area contributed by atoms with Gasteiger partial charge in [0.05, 0.1) is 10.9 Å². The van der Waals surface area contributed by atoms with Gasteiger partial charge in [-0.15, -0.1) is 0 Å². The molecule has 2 aromatic heterocycles. The summed E-state index contributed by atoms with van der Waals surface area (Å²) in [4.78, 5) is 18.9. The summed E-state index contributed by atoms with van der Waals surface area (Å²) < 4.78 is 0. The smallest absolute Gasteiger partial charge is 0.267 e. The molecule has 3 nitrogen and oxygen atoms in total. The molecule has 0 bridgehead atoms. The van der Waals surface area contributed by atoms with Crippen LogP contribution >= 0.6 is 0 Å². The van der Waals surface area contributed by atoms with E-state index in [1.807, 2.05) is 0 Å². The van der Waals surface area contributed by atoms with Crippen LogP contribution in [0.2, 0.25) is 0 Å². The van der Waals surface area contributed by atoms with Crippen molar-refractivity contribution in [2.75, 3.05) is 0 Å². The third kappa shape index (κ3) is 1.05. The summed E-state index contributed by atoms with van der Waals surface area (Å²) >= 11 is 0. The zero-order chi connectivity index (χ0) is 8.39. The molecule has 2 aromatic rings. The molecule has 3 heteroatoms. The maximum atomic E-state index is 11.2. The number of rotatable bonds is 0. The monoisotopic (exact) mass is 158 g/mol. The molecule has 0 saturated carbocycles. The van der Waals surface area contributed by atoms with Crippen LogP contribution in [0.15, 0.2) is 41.5 Å². The summed E-state index contributed by atoms with van der Waals surface area (Å²) in [7, 11) is 0. The molecule has 0 N–H and O–H groups in total. The Balaban J connectivity index is 3.06. The Hall–Kier alpha value is -1.77. The van der Waals surface area contributed by atoms with Crippen molar-refractivity contribution in [3.63, 3.8) is 0 Å². The fourth-order valence-corrected chi connectivity index (χ4v) is 1.05. The van der Waals surface area contributed by atoms with E-state index < -0.39 is 0 Å². The van der Waals surface area contributed by atoms with Gasteiger partial charge in [0, 0.05) is 12.4 Å². The molecule has 0 amide bonds. The highest BCUT2D eigenvalue weighted by molar-refractivity contribution is 5.76. The molecular weight excluding hydrogens is 152 g/mol. The SMILES string of the molecule is O=c1ncccc2ncccc12. The largest absolute Gasteiger partial charge is 0.279 e. The van der Waals surface area contributed by atoms with Gasteiger partial charge in [0.15, 0.2) is 0 Å². The second kappa shape index (κ2) is 2.70. The Labute approximate surface area is 68.7 Å². The van der Waals surface area contributed by atoms with Crippen molar-refractivity contribution in [2.24, 2.45) is 0 Å². The zero-order valence-corrected chi connectivity index (χ0v) is 6.27. The summed E-state index contributed by atoms with van der Waals surface area (Å²) in [5.74, 6) is 0. The molecule has 0 aliphatic carbocycles. The van der Waals surface area contributed by atoms with Crippen molar-refractivity contribution in [3.05, 3.63) is 47.0 Å². The van der Waals surface area contributed by atoms with Crippen LogP contribution in [0, 0.1) is 0 Å². The van der Waals surface area contributed by atoms with Crippen molar-refractivity contribution >= 4 is 10.9 Å². The first-order valence-electron chi connectivity index (χ1n) is 3.58. The highest BCUT2D eigenvalue weighted by Crippen LogP contribution is 2.01. The quantitative estimate of drug-likeness (QED) is 0.574. The predicted octanol–water partition coefficient (Wildman–Crippen LogP) is 0.990. The molecule has 2 heterocycles. The molecule has 0 atom stereocenters. The van der Waals surface area contributed by atoms with Crippen LogP contribution in [0.3, 0.4) is 0 Å². The molecular formula is C9H6N2O. The third-order valence-corrected chi connectivity index (χ3v) is 1.60. The van der Waals surface area contributed by atoms with Gasteiger partial charge in [-0.25, -0.2) is 4.98 Å². The average molecular weight is 158 g/mol. The van der Waals surface area contributed by atoms with Crippen molar-refractivity contribution in [3.8, 4) is 0 Å². The van der Waals surface area contributed by atoms with E-state index in [0.717, 1.165) is 0 Å². The Morgan fingerprint density at radius 1 is 1.00 bits per heavy atom. The number of pyridine rings is 1. The highest BCUT2D eigenvalue weighted by atomic mass is 16.1. The fraction of sp³-hybridized carbons (Fsp3) is 0. The molecule has 0 saturated heterocycles. The lowest BCUT2D eigenvalue weighted by Crippen LogP contribution is -2.00. The van der Waals surface area contributed by atoms with Crippen LogP contribution in [0.5, 0.6) is 0 Å². The van der Waals surface area contributed by atoms with E-state index in [9.17, 15) is 4.79 Å². The van der Waals surface area contributed by atoms with Crippen LogP contribution in [0.1, 0.15) is 0 Å². The van der Waals surface area contributed by atoms with Crippen LogP contribution in [-0.2, 0) is 0 Å². The van der Waals surface area contributed by atoms with Gasteiger partial charge in [0.1, 0.15) is 0 Å². The van der Waals surface area contributed by atoms with Gasteiger partial charge in [-0.3, -0.25) is 9.78 Å². The normalized spacial score (nSPS) is 10.0. The first-order chi connectivity index (χ1) is 5.88. The summed E-state index contributed by atoms with van der Waals surface area (Å²) in [6.45, 7) is 0. The Morgan fingerprint density at radius 2 is 1.75 bits per heavy atom. The lowest BCUT2D eigenvalue weighted by atomic mass is 10.3. The number of aromatic nitrogens is 2. The summed E-state index contributed by atoms with van der Waals surface area (Å²) in [5, 5.41) is 0.558. The fourth-order valence-electron chi connectivity index (χ4n) is 1.05. The summed E-state index contributed by atoms with van der Waals surface area (Å²) in [6.07, 6.45) is 3.13. The topological polar surface area (TPSA) is 42.9 Å². The second-order valence-electron chi connectivity index (χ2n) is 2.38. The maximum Gasteiger partial charge on any atom is 0.279 e. The Bertz CT molecular complexity index is 468. The molecule has 0 unspecified atom stereocenters. The van der Waals surface area contributed by atoms with E-state index >= 15 is 0 Å². The first kappa shape index (κ1) is 6.91. The molecule has 0 aromatic carbocycles. The minimum absolute atomic E-state index is 0.233. The molecule has 0 spiro atoms. The average Bonchev–Trinajstić information content (AvgIpc) is 2.29. The minimum Gasteiger partial charge on any atom is -0.267 e. The molecule has 0 radical (unpaired) electrons. The van der Waals surface area contributed by atoms with Gasteiger partial charge < -0.3 is 0 Å². The van der Waals surface area contributed by atoms with Gasteiger partial charge in [-0.05, 0) is 24.3 Å². The Kier molecular flexibility index (Phi) is 1.55. The minimum atomic E-state index is -0.233.